The molecule has 92 valence electrons. The first-order valence-corrected chi connectivity index (χ1v) is 4.63. The van der Waals surface area contributed by atoms with E-state index in [1.807, 2.05) is 0 Å². The molecule has 0 aromatic heterocycles. The predicted octanol–water partition coefficient (Wildman–Crippen LogP) is -1.62. The van der Waals surface area contributed by atoms with Crippen molar-refractivity contribution in [3.63, 3.8) is 0 Å². The van der Waals surface area contributed by atoms with E-state index < -0.39 is 24.4 Å². The van der Waals surface area contributed by atoms with Gasteiger partial charge in [0.05, 0.1) is 13.2 Å². The van der Waals surface area contributed by atoms with Crippen LogP contribution in [0.15, 0.2) is 0 Å². The van der Waals surface area contributed by atoms with E-state index in [0.29, 0.717) is 0 Å². The Hall–Kier alpha value is -0.240. The molecular formula is C9H20O6. The molecule has 0 bridgehead atoms. The van der Waals surface area contributed by atoms with E-state index in [1.54, 1.807) is 0 Å². The van der Waals surface area contributed by atoms with Crippen LogP contribution in [0.3, 0.4) is 0 Å². The molecule has 6 heteroatoms. The highest BCUT2D eigenvalue weighted by atomic mass is 16.5. The standard InChI is InChI=1S/C9H20O6/c1-13-5-6(11)8(12)9(15-3)7(4-10)14-2/h6-12H,4-5H2,1-3H3/t6-,7+,8-,9-/m1/s1. The lowest BCUT2D eigenvalue weighted by atomic mass is 10.0. The molecule has 0 aliphatic heterocycles. The van der Waals surface area contributed by atoms with E-state index >= 15 is 0 Å². The van der Waals surface area contributed by atoms with Gasteiger partial charge in [0.15, 0.2) is 0 Å². The summed E-state index contributed by atoms with van der Waals surface area (Å²) in [6, 6.07) is 0. The highest BCUT2D eigenvalue weighted by molar-refractivity contribution is 4.82. The highest BCUT2D eigenvalue weighted by Crippen LogP contribution is 2.11. The Bertz CT molecular complexity index is 150. The molecule has 0 aromatic carbocycles. The van der Waals surface area contributed by atoms with Crippen LogP contribution in [0.1, 0.15) is 0 Å². The number of hydrogen-bond acceptors (Lipinski definition) is 6. The van der Waals surface area contributed by atoms with Crippen LogP contribution in [0.25, 0.3) is 0 Å². The van der Waals surface area contributed by atoms with Gasteiger partial charge in [0.1, 0.15) is 24.4 Å². The van der Waals surface area contributed by atoms with Gasteiger partial charge >= 0.3 is 0 Å². The van der Waals surface area contributed by atoms with Crippen molar-refractivity contribution in [3.05, 3.63) is 0 Å². The van der Waals surface area contributed by atoms with Gasteiger partial charge in [0.25, 0.3) is 0 Å². The summed E-state index contributed by atoms with van der Waals surface area (Å²) >= 11 is 0. The van der Waals surface area contributed by atoms with E-state index in [2.05, 4.69) is 0 Å². The number of aliphatic hydroxyl groups is 3. The molecule has 0 aliphatic rings. The van der Waals surface area contributed by atoms with Crippen molar-refractivity contribution in [1.82, 2.24) is 0 Å². The van der Waals surface area contributed by atoms with Gasteiger partial charge in [-0.3, -0.25) is 0 Å². The Morgan fingerprint density at radius 3 is 2.00 bits per heavy atom. The minimum Gasteiger partial charge on any atom is -0.394 e. The number of rotatable bonds is 8. The normalized spacial score (nSPS) is 19.6. The van der Waals surface area contributed by atoms with Crippen molar-refractivity contribution < 1.29 is 29.5 Å². The van der Waals surface area contributed by atoms with Gasteiger partial charge in [-0.1, -0.05) is 0 Å². The second-order valence-corrected chi connectivity index (χ2v) is 3.17. The number of methoxy groups -OCH3 is 3. The molecule has 4 atom stereocenters. The minimum atomic E-state index is -1.17. The van der Waals surface area contributed by atoms with Crippen LogP contribution in [0.2, 0.25) is 0 Å². The average Bonchev–Trinajstić information content (AvgIpc) is 2.25. The molecule has 0 unspecified atom stereocenters. The van der Waals surface area contributed by atoms with Gasteiger partial charge in [-0.15, -0.1) is 0 Å². The number of hydrogen-bond donors (Lipinski definition) is 3. The lowest BCUT2D eigenvalue weighted by molar-refractivity contribution is -0.147. The highest BCUT2D eigenvalue weighted by Gasteiger charge is 2.32. The summed E-state index contributed by atoms with van der Waals surface area (Å²) in [7, 11) is 4.18. The zero-order valence-corrected chi connectivity index (χ0v) is 9.29. The molecule has 0 aromatic rings. The Balaban J connectivity index is 4.36. The number of ether oxygens (including phenoxy) is 3. The summed E-state index contributed by atoms with van der Waals surface area (Å²) in [5, 5.41) is 28.1. The third-order valence-corrected chi connectivity index (χ3v) is 2.19. The van der Waals surface area contributed by atoms with Gasteiger partial charge in [-0.2, -0.15) is 0 Å². The third-order valence-electron chi connectivity index (χ3n) is 2.19. The Labute approximate surface area is 89.4 Å². The molecule has 0 saturated heterocycles. The summed E-state index contributed by atoms with van der Waals surface area (Å²) in [6.07, 6.45) is -3.74. The maximum absolute atomic E-state index is 9.70. The maximum atomic E-state index is 9.70. The largest absolute Gasteiger partial charge is 0.394 e. The van der Waals surface area contributed by atoms with Gasteiger partial charge in [-0.05, 0) is 0 Å². The molecular weight excluding hydrogens is 204 g/mol. The van der Waals surface area contributed by atoms with Crippen molar-refractivity contribution >= 4 is 0 Å². The first-order chi connectivity index (χ1) is 7.12. The molecule has 0 heterocycles. The molecule has 0 rings (SSSR count). The molecule has 0 aliphatic carbocycles. The lowest BCUT2D eigenvalue weighted by Gasteiger charge is -2.30. The quantitative estimate of drug-likeness (QED) is 0.459. The van der Waals surface area contributed by atoms with Crippen molar-refractivity contribution in [2.75, 3.05) is 34.5 Å². The van der Waals surface area contributed by atoms with Crippen LogP contribution in [-0.2, 0) is 14.2 Å². The summed E-state index contributed by atoms with van der Waals surface area (Å²) in [4.78, 5) is 0. The molecule has 3 N–H and O–H groups in total. The Morgan fingerprint density at radius 1 is 1.07 bits per heavy atom. The van der Waals surface area contributed by atoms with E-state index in [9.17, 15) is 10.2 Å². The Kier molecular flexibility index (Phi) is 7.85. The van der Waals surface area contributed by atoms with Crippen LogP contribution >= 0.6 is 0 Å². The zero-order valence-electron chi connectivity index (χ0n) is 9.29. The van der Waals surface area contributed by atoms with Gasteiger partial charge < -0.3 is 29.5 Å². The van der Waals surface area contributed by atoms with E-state index in [1.165, 1.54) is 21.3 Å². The summed E-state index contributed by atoms with van der Waals surface area (Å²) in [6.45, 7) is -0.311. The van der Waals surface area contributed by atoms with Crippen LogP contribution < -0.4 is 0 Å². The van der Waals surface area contributed by atoms with Gasteiger partial charge in [0, 0.05) is 21.3 Å². The van der Waals surface area contributed by atoms with Crippen molar-refractivity contribution in [3.8, 4) is 0 Å². The molecule has 0 spiro atoms. The lowest BCUT2D eigenvalue weighted by Crippen LogP contribution is -2.49. The van der Waals surface area contributed by atoms with Crippen LogP contribution in [-0.4, -0.2) is 74.3 Å². The molecule has 6 nitrogen and oxygen atoms in total. The van der Waals surface area contributed by atoms with Crippen LogP contribution in [0.5, 0.6) is 0 Å². The number of aliphatic hydroxyl groups excluding tert-OH is 3. The summed E-state index contributed by atoms with van der Waals surface area (Å²) in [5.74, 6) is 0. The average molecular weight is 224 g/mol. The van der Waals surface area contributed by atoms with Gasteiger partial charge in [0.2, 0.25) is 0 Å². The molecule has 0 fully saturated rings. The topological polar surface area (TPSA) is 88.4 Å². The fourth-order valence-corrected chi connectivity index (χ4v) is 1.31. The SMILES string of the molecule is COC[C@@H](O)[C@@H](O)[C@H](OC)[C@H](CO)OC. The first kappa shape index (κ1) is 14.8. The second-order valence-electron chi connectivity index (χ2n) is 3.17. The smallest absolute Gasteiger partial charge is 0.114 e. The van der Waals surface area contributed by atoms with E-state index in [0.717, 1.165) is 0 Å². The molecule has 0 amide bonds. The third kappa shape index (κ3) is 4.42. The van der Waals surface area contributed by atoms with E-state index in [4.69, 9.17) is 19.3 Å². The van der Waals surface area contributed by atoms with E-state index in [-0.39, 0.29) is 13.2 Å². The molecule has 15 heavy (non-hydrogen) atoms. The van der Waals surface area contributed by atoms with Crippen molar-refractivity contribution in [2.24, 2.45) is 0 Å². The molecule has 0 radical (unpaired) electrons. The van der Waals surface area contributed by atoms with Crippen LogP contribution in [0.4, 0.5) is 0 Å². The summed E-state index contributed by atoms with van der Waals surface area (Å²) < 4.78 is 14.6. The predicted molar refractivity (Wildman–Crippen MR) is 52.6 cm³/mol. The maximum Gasteiger partial charge on any atom is 0.114 e. The fraction of sp³-hybridized carbons (Fsp3) is 1.00. The molecule has 0 saturated carbocycles. The van der Waals surface area contributed by atoms with Gasteiger partial charge in [-0.25, -0.2) is 0 Å². The zero-order chi connectivity index (χ0) is 11.8. The second kappa shape index (κ2) is 7.98. The van der Waals surface area contributed by atoms with Crippen molar-refractivity contribution in [1.29, 1.82) is 0 Å². The van der Waals surface area contributed by atoms with Crippen molar-refractivity contribution in [2.45, 2.75) is 24.4 Å². The minimum absolute atomic E-state index is 0.0110. The first-order valence-electron chi connectivity index (χ1n) is 4.63. The van der Waals surface area contributed by atoms with Crippen LogP contribution in [0, 0.1) is 0 Å². The fourth-order valence-electron chi connectivity index (χ4n) is 1.31. The monoisotopic (exact) mass is 224 g/mol. The summed E-state index contributed by atoms with van der Waals surface area (Å²) in [5.41, 5.74) is 0. The Morgan fingerprint density at radius 2 is 1.67 bits per heavy atom.